The molecule has 2 unspecified atom stereocenters. The maximum absolute atomic E-state index is 10.9. The summed E-state index contributed by atoms with van der Waals surface area (Å²) < 4.78 is 5.21. The number of aldehydes is 1. The maximum atomic E-state index is 10.9. The second-order valence-corrected chi connectivity index (χ2v) is 3.23. The molecule has 0 spiro atoms. The van der Waals surface area contributed by atoms with Crippen LogP contribution in [0.5, 0.6) is 0 Å². The second kappa shape index (κ2) is 8.17. The van der Waals surface area contributed by atoms with E-state index in [2.05, 4.69) is 18.5 Å². The van der Waals surface area contributed by atoms with Crippen LogP contribution in [0.4, 0.5) is 0 Å². The Bertz CT molecular complexity index is 206. The van der Waals surface area contributed by atoms with Gasteiger partial charge in [-0.05, 0) is 12.8 Å². The van der Waals surface area contributed by atoms with Gasteiger partial charge < -0.3 is 14.8 Å². The van der Waals surface area contributed by atoms with Crippen LogP contribution in [-0.2, 0) is 14.3 Å². The van der Waals surface area contributed by atoms with Crippen LogP contribution < -0.4 is 5.32 Å². The van der Waals surface area contributed by atoms with Crippen molar-refractivity contribution in [2.45, 2.75) is 37.8 Å². The minimum absolute atomic E-state index is 0.0170. The van der Waals surface area contributed by atoms with Gasteiger partial charge in [-0.3, -0.25) is 4.79 Å². The average Bonchev–Trinajstić information content (AvgIpc) is 2.69. The van der Waals surface area contributed by atoms with Crippen LogP contribution in [0, 0.1) is 0 Å². The van der Waals surface area contributed by atoms with E-state index in [1.165, 1.54) is 0 Å². The van der Waals surface area contributed by atoms with Crippen molar-refractivity contribution in [3.05, 3.63) is 13.2 Å². The molecule has 1 aliphatic rings. The molecule has 1 saturated heterocycles. The zero-order valence-electron chi connectivity index (χ0n) is 9.20. The van der Waals surface area contributed by atoms with Crippen molar-refractivity contribution in [3.63, 3.8) is 0 Å². The summed E-state index contributed by atoms with van der Waals surface area (Å²) in [6.45, 7) is 6.00. The predicted octanol–water partition coefficient (Wildman–Crippen LogP) is 1.06. The summed E-state index contributed by atoms with van der Waals surface area (Å²) in [6, 6.07) is 0.0949. The van der Waals surface area contributed by atoms with E-state index >= 15 is 0 Å². The van der Waals surface area contributed by atoms with Gasteiger partial charge in [0.15, 0.2) is 0 Å². The summed E-state index contributed by atoms with van der Waals surface area (Å²) in [5, 5.41) is 2.83. The fourth-order valence-electron chi connectivity index (χ4n) is 1.63. The first-order valence-electron chi connectivity index (χ1n) is 5.03. The highest BCUT2D eigenvalue weighted by Crippen LogP contribution is 2.15. The van der Waals surface area contributed by atoms with Crippen molar-refractivity contribution in [1.82, 2.24) is 5.32 Å². The van der Waals surface area contributed by atoms with Crippen molar-refractivity contribution in [3.8, 4) is 0 Å². The molecule has 1 aliphatic heterocycles. The average molecular weight is 213 g/mol. The quantitative estimate of drug-likeness (QED) is 0.549. The molecule has 0 radical (unpaired) electrons. The molecule has 0 aromatic carbocycles. The van der Waals surface area contributed by atoms with Crippen LogP contribution in [0.2, 0.25) is 0 Å². The SMILES string of the molecule is C=C.COC(CCC=O)C1CCC(=O)N1. The van der Waals surface area contributed by atoms with Crippen LogP contribution in [0.3, 0.4) is 0 Å². The molecule has 1 rings (SSSR count). The van der Waals surface area contributed by atoms with Gasteiger partial charge in [-0.25, -0.2) is 0 Å². The lowest BCUT2D eigenvalue weighted by Crippen LogP contribution is -2.37. The molecule has 1 N–H and O–H groups in total. The number of ether oxygens (including phenoxy) is 1. The number of rotatable bonds is 5. The smallest absolute Gasteiger partial charge is 0.220 e. The highest BCUT2D eigenvalue weighted by molar-refractivity contribution is 5.78. The van der Waals surface area contributed by atoms with Gasteiger partial charge in [0.1, 0.15) is 6.29 Å². The maximum Gasteiger partial charge on any atom is 0.220 e. The number of hydrogen-bond donors (Lipinski definition) is 1. The van der Waals surface area contributed by atoms with Gasteiger partial charge in [0.05, 0.1) is 12.1 Å². The summed E-state index contributed by atoms with van der Waals surface area (Å²) in [5.74, 6) is 0.0816. The summed E-state index contributed by atoms with van der Waals surface area (Å²) in [5.41, 5.74) is 0. The third kappa shape index (κ3) is 4.74. The minimum atomic E-state index is -0.0170. The zero-order chi connectivity index (χ0) is 11.7. The molecular weight excluding hydrogens is 194 g/mol. The van der Waals surface area contributed by atoms with E-state index in [1.54, 1.807) is 7.11 Å². The molecule has 1 amide bonds. The van der Waals surface area contributed by atoms with E-state index in [4.69, 9.17) is 4.74 Å². The van der Waals surface area contributed by atoms with Gasteiger partial charge in [-0.2, -0.15) is 0 Å². The monoisotopic (exact) mass is 213 g/mol. The fraction of sp³-hybridized carbons (Fsp3) is 0.636. The lowest BCUT2D eigenvalue weighted by molar-refractivity contribution is -0.119. The number of carbonyl (C=O) groups excluding carboxylic acids is 2. The number of nitrogens with one attached hydrogen (secondary N) is 1. The van der Waals surface area contributed by atoms with Crippen LogP contribution >= 0.6 is 0 Å². The Morgan fingerprint density at radius 1 is 1.67 bits per heavy atom. The van der Waals surface area contributed by atoms with Crippen molar-refractivity contribution < 1.29 is 14.3 Å². The molecule has 1 heterocycles. The van der Waals surface area contributed by atoms with Gasteiger partial charge in [0.2, 0.25) is 5.91 Å². The fourth-order valence-corrected chi connectivity index (χ4v) is 1.63. The molecule has 0 aliphatic carbocycles. The van der Waals surface area contributed by atoms with Crippen LogP contribution in [0.1, 0.15) is 25.7 Å². The first-order chi connectivity index (χ1) is 7.27. The van der Waals surface area contributed by atoms with Crippen molar-refractivity contribution >= 4 is 12.2 Å². The third-order valence-electron chi connectivity index (χ3n) is 2.35. The molecule has 0 bridgehead atoms. The van der Waals surface area contributed by atoms with Crippen molar-refractivity contribution in [2.24, 2.45) is 0 Å². The van der Waals surface area contributed by atoms with Gasteiger partial charge in [0.25, 0.3) is 0 Å². The Labute approximate surface area is 90.7 Å². The van der Waals surface area contributed by atoms with Crippen LogP contribution in [-0.4, -0.2) is 31.4 Å². The van der Waals surface area contributed by atoms with Crippen LogP contribution in [0.25, 0.3) is 0 Å². The molecule has 2 atom stereocenters. The number of hydrogen-bond acceptors (Lipinski definition) is 3. The third-order valence-corrected chi connectivity index (χ3v) is 2.35. The molecule has 0 aromatic rings. The normalized spacial score (nSPS) is 21.1. The number of amides is 1. The van der Waals surface area contributed by atoms with Gasteiger partial charge >= 0.3 is 0 Å². The topological polar surface area (TPSA) is 55.4 Å². The highest BCUT2D eigenvalue weighted by Gasteiger charge is 2.28. The van der Waals surface area contributed by atoms with Gasteiger partial charge in [0, 0.05) is 20.0 Å². The summed E-state index contributed by atoms with van der Waals surface area (Å²) >= 11 is 0. The van der Waals surface area contributed by atoms with E-state index in [0.717, 1.165) is 12.7 Å². The molecule has 1 fully saturated rings. The van der Waals surface area contributed by atoms with E-state index in [0.29, 0.717) is 19.3 Å². The molecule has 15 heavy (non-hydrogen) atoms. The molecule has 86 valence electrons. The molecule has 0 saturated carbocycles. The molecule has 4 nitrogen and oxygen atoms in total. The van der Waals surface area contributed by atoms with Gasteiger partial charge in [-0.1, -0.05) is 0 Å². The predicted molar refractivity (Wildman–Crippen MR) is 58.5 cm³/mol. The summed E-state index contributed by atoms with van der Waals surface area (Å²) in [6.07, 6.45) is 3.43. The van der Waals surface area contributed by atoms with Crippen molar-refractivity contribution in [2.75, 3.05) is 7.11 Å². The second-order valence-electron chi connectivity index (χ2n) is 3.23. The van der Waals surface area contributed by atoms with E-state index < -0.39 is 0 Å². The standard InChI is InChI=1S/C9H15NO3.C2H4/c1-13-8(3-2-6-11)7-4-5-9(12)10-7;1-2/h6-8H,2-5H2,1H3,(H,10,12);1-2H2. The lowest BCUT2D eigenvalue weighted by atomic mass is 10.0. The highest BCUT2D eigenvalue weighted by atomic mass is 16.5. The number of carbonyl (C=O) groups is 2. The van der Waals surface area contributed by atoms with Gasteiger partial charge in [-0.15, -0.1) is 13.2 Å². The first-order valence-corrected chi connectivity index (χ1v) is 5.03. The van der Waals surface area contributed by atoms with Crippen molar-refractivity contribution in [1.29, 1.82) is 0 Å². The summed E-state index contributed by atoms with van der Waals surface area (Å²) in [4.78, 5) is 21.1. The van der Waals surface area contributed by atoms with Crippen LogP contribution in [0.15, 0.2) is 13.2 Å². The molecule has 0 aromatic heterocycles. The zero-order valence-corrected chi connectivity index (χ0v) is 9.20. The van der Waals surface area contributed by atoms with E-state index in [-0.39, 0.29) is 18.1 Å². The first kappa shape index (κ1) is 13.8. The number of methoxy groups -OCH3 is 1. The Morgan fingerprint density at radius 2 is 2.33 bits per heavy atom. The Kier molecular flexibility index (Phi) is 7.54. The Hall–Kier alpha value is -1.16. The minimum Gasteiger partial charge on any atom is -0.379 e. The van der Waals surface area contributed by atoms with E-state index in [1.807, 2.05) is 0 Å². The Morgan fingerprint density at radius 3 is 2.73 bits per heavy atom. The summed E-state index contributed by atoms with van der Waals surface area (Å²) in [7, 11) is 1.61. The van der Waals surface area contributed by atoms with E-state index in [9.17, 15) is 9.59 Å². The Balaban J connectivity index is 0.000000921. The lowest BCUT2D eigenvalue weighted by Gasteiger charge is -2.20. The largest absolute Gasteiger partial charge is 0.379 e. The molecular formula is C11H19NO3. The molecule has 4 heteroatoms.